The largest absolute Gasteiger partial charge is 0.0620 e. The van der Waals surface area contributed by atoms with Crippen LogP contribution in [-0.4, -0.2) is 0 Å². The molecule has 0 atom stereocenters. The molecular weight excluding hydrogens is 120 g/mol. The van der Waals surface area contributed by atoms with Crippen LogP contribution in [0.15, 0.2) is 0 Å². The van der Waals surface area contributed by atoms with E-state index in [1.165, 1.54) is 38.5 Å². The molecule has 0 saturated heterocycles. The first-order valence-electron chi connectivity index (χ1n) is 4.88. The van der Waals surface area contributed by atoms with Gasteiger partial charge in [0.1, 0.15) is 0 Å². The van der Waals surface area contributed by atoms with Gasteiger partial charge in [-0.15, -0.1) is 0 Å². The van der Waals surface area contributed by atoms with Crippen LogP contribution >= 0.6 is 0 Å². The fraction of sp³-hybridized carbons (Fsp3) is 1.00. The zero-order chi connectivity index (χ0) is 6.97. The van der Waals surface area contributed by atoms with Crippen molar-refractivity contribution in [2.75, 3.05) is 0 Å². The van der Waals surface area contributed by atoms with Gasteiger partial charge in [-0.05, 0) is 17.8 Å². The lowest BCUT2D eigenvalue weighted by molar-refractivity contribution is 0.107. The second kappa shape index (κ2) is 2.56. The zero-order valence-electron chi connectivity index (χ0n) is 6.97. The molecule has 0 spiro atoms. The lowest BCUT2D eigenvalue weighted by Gasteiger charge is -2.40. The Morgan fingerprint density at radius 3 is 1.50 bits per heavy atom. The molecule has 0 nitrogen and oxygen atoms in total. The van der Waals surface area contributed by atoms with Gasteiger partial charge in [-0.2, -0.15) is 0 Å². The van der Waals surface area contributed by atoms with Gasteiger partial charge in [-0.1, -0.05) is 45.4 Å². The van der Waals surface area contributed by atoms with Gasteiger partial charge in [0.05, 0.1) is 0 Å². The molecule has 0 aromatic rings. The molecule has 0 heterocycles. The predicted molar refractivity (Wildman–Crippen MR) is 43.8 cm³/mol. The fourth-order valence-corrected chi connectivity index (χ4v) is 2.32. The minimum absolute atomic E-state index is 1.07. The molecule has 0 radical (unpaired) electrons. The summed E-state index contributed by atoms with van der Waals surface area (Å²) in [4.78, 5) is 0. The molecule has 2 saturated carbocycles. The maximum atomic E-state index is 2.48. The Morgan fingerprint density at radius 2 is 1.30 bits per heavy atom. The third kappa shape index (κ3) is 0.980. The second-order valence-electron chi connectivity index (χ2n) is 4.24. The molecule has 2 rings (SSSR count). The SMILES string of the molecule is CC(C1CCC1)C1CCC1. The molecule has 0 N–H and O–H groups in total. The van der Waals surface area contributed by atoms with E-state index in [1.54, 1.807) is 0 Å². The maximum absolute atomic E-state index is 2.48. The van der Waals surface area contributed by atoms with E-state index in [2.05, 4.69) is 6.92 Å². The molecule has 2 fully saturated rings. The van der Waals surface area contributed by atoms with Gasteiger partial charge in [0.2, 0.25) is 0 Å². The monoisotopic (exact) mass is 138 g/mol. The molecule has 2 aliphatic carbocycles. The number of rotatable bonds is 2. The van der Waals surface area contributed by atoms with Crippen molar-refractivity contribution in [2.45, 2.75) is 45.4 Å². The standard InChI is InChI=1S/C10H18/c1-8(9-4-2-5-9)10-6-3-7-10/h8-10H,2-7H2,1H3. The molecule has 2 aliphatic rings. The Bertz CT molecular complexity index is 95.2. The highest BCUT2D eigenvalue weighted by Crippen LogP contribution is 2.43. The fourth-order valence-electron chi connectivity index (χ4n) is 2.32. The van der Waals surface area contributed by atoms with Crippen LogP contribution in [0.3, 0.4) is 0 Å². The molecule has 0 bridgehead atoms. The average Bonchev–Trinajstić information content (AvgIpc) is 1.52. The average molecular weight is 138 g/mol. The highest BCUT2D eigenvalue weighted by molar-refractivity contribution is 4.83. The molecule has 58 valence electrons. The molecule has 0 amide bonds. The highest BCUT2D eigenvalue weighted by atomic mass is 14.4. The lowest BCUT2D eigenvalue weighted by atomic mass is 9.65. The van der Waals surface area contributed by atoms with Gasteiger partial charge in [-0.3, -0.25) is 0 Å². The van der Waals surface area contributed by atoms with Crippen molar-refractivity contribution in [1.82, 2.24) is 0 Å². The minimum atomic E-state index is 1.07. The molecule has 10 heavy (non-hydrogen) atoms. The molecule has 0 unspecified atom stereocenters. The summed E-state index contributed by atoms with van der Waals surface area (Å²) in [6.07, 6.45) is 9.19. The van der Waals surface area contributed by atoms with Crippen LogP contribution in [0, 0.1) is 17.8 Å². The summed E-state index contributed by atoms with van der Waals surface area (Å²) in [5.74, 6) is 3.33. The first-order valence-corrected chi connectivity index (χ1v) is 4.88. The lowest BCUT2D eigenvalue weighted by Crippen LogP contribution is -2.29. The van der Waals surface area contributed by atoms with Crippen molar-refractivity contribution in [2.24, 2.45) is 17.8 Å². The van der Waals surface area contributed by atoms with Crippen molar-refractivity contribution >= 4 is 0 Å². The van der Waals surface area contributed by atoms with E-state index in [9.17, 15) is 0 Å². The number of hydrogen-bond donors (Lipinski definition) is 0. The van der Waals surface area contributed by atoms with Crippen molar-refractivity contribution in [3.63, 3.8) is 0 Å². The van der Waals surface area contributed by atoms with Crippen LogP contribution in [0.1, 0.15) is 45.4 Å². The van der Waals surface area contributed by atoms with Crippen LogP contribution in [-0.2, 0) is 0 Å². The smallest absolute Gasteiger partial charge is 0.0386 e. The first kappa shape index (κ1) is 6.69. The van der Waals surface area contributed by atoms with E-state index in [4.69, 9.17) is 0 Å². The van der Waals surface area contributed by atoms with Gasteiger partial charge in [-0.25, -0.2) is 0 Å². The summed E-state index contributed by atoms with van der Waals surface area (Å²) < 4.78 is 0. The van der Waals surface area contributed by atoms with Crippen molar-refractivity contribution in [3.8, 4) is 0 Å². The van der Waals surface area contributed by atoms with Crippen molar-refractivity contribution < 1.29 is 0 Å². The quantitative estimate of drug-likeness (QED) is 0.549. The van der Waals surface area contributed by atoms with E-state index < -0.39 is 0 Å². The van der Waals surface area contributed by atoms with Crippen LogP contribution in [0.5, 0.6) is 0 Å². The Morgan fingerprint density at radius 1 is 0.900 bits per heavy atom. The van der Waals surface area contributed by atoms with E-state index >= 15 is 0 Å². The molecule has 0 aromatic carbocycles. The van der Waals surface area contributed by atoms with Crippen LogP contribution in [0.4, 0.5) is 0 Å². The van der Waals surface area contributed by atoms with Gasteiger partial charge in [0, 0.05) is 0 Å². The highest BCUT2D eigenvalue weighted by Gasteiger charge is 2.32. The molecular formula is C10H18. The summed E-state index contributed by atoms with van der Waals surface area (Å²) in [5.41, 5.74) is 0. The normalized spacial score (nSPS) is 28.2. The number of hydrogen-bond acceptors (Lipinski definition) is 0. The molecule has 0 heteroatoms. The third-order valence-electron chi connectivity index (χ3n) is 3.79. The van der Waals surface area contributed by atoms with Crippen LogP contribution < -0.4 is 0 Å². The Hall–Kier alpha value is 0. The van der Waals surface area contributed by atoms with E-state index in [0.717, 1.165) is 17.8 Å². The maximum Gasteiger partial charge on any atom is -0.0386 e. The van der Waals surface area contributed by atoms with E-state index in [-0.39, 0.29) is 0 Å². The van der Waals surface area contributed by atoms with Crippen LogP contribution in [0.25, 0.3) is 0 Å². The van der Waals surface area contributed by atoms with Gasteiger partial charge >= 0.3 is 0 Å². The molecule has 0 aliphatic heterocycles. The summed E-state index contributed by atoms with van der Waals surface area (Å²) >= 11 is 0. The van der Waals surface area contributed by atoms with E-state index in [1.807, 2.05) is 0 Å². The van der Waals surface area contributed by atoms with Crippen molar-refractivity contribution in [3.05, 3.63) is 0 Å². The summed E-state index contributed by atoms with van der Waals surface area (Å²) in [5, 5.41) is 0. The third-order valence-corrected chi connectivity index (χ3v) is 3.79. The Labute approximate surface area is 64.0 Å². The molecule has 0 aromatic heterocycles. The van der Waals surface area contributed by atoms with Crippen LogP contribution in [0.2, 0.25) is 0 Å². The minimum Gasteiger partial charge on any atom is -0.0620 e. The van der Waals surface area contributed by atoms with Gasteiger partial charge in [0.25, 0.3) is 0 Å². The first-order chi connectivity index (χ1) is 4.88. The summed E-state index contributed by atoms with van der Waals surface area (Å²) in [6.45, 7) is 2.48. The van der Waals surface area contributed by atoms with Crippen molar-refractivity contribution in [1.29, 1.82) is 0 Å². The predicted octanol–water partition coefficient (Wildman–Crippen LogP) is 3.22. The topological polar surface area (TPSA) is 0 Å². The van der Waals surface area contributed by atoms with E-state index in [0.29, 0.717) is 0 Å². The van der Waals surface area contributed by atoms with Gasteiger partial charge in [0.15, 0.2) is 0 Å². The Balaban J connectivity index is 1.79. The second-order valence-corrected chi connectivity index (χ2v) is 4.24. The van der Waals surface area contributed by atoms with Gasteiger partial charge < -0.3 is 0 Å². The summed E-state index contributed by atoms with van der Waals surface area (Å²) in [7, 11) is 0. The zero-order valence-corrected chi connectivity index (χ0v) is 6.97. The Kier molecular flexibility index (Phi) is 1.71. The summed E-state index contributed by atoms with van der Waals surface area (Å²) in [6, 6.07) is 0.